The Hall–Kier alpha value is -1.96. The van der Waals surface area contributed by atoms with Crippen molar-refractivity contribution in [1.82, 2.24) is 0 Å². The van der Waals surface area contributed by atoms with E-state index in [4.69, 9.17) is 0 Å². The summed E-state index contributed by atoms with van der Waals surface area (Å²) in [6, 6.07) is 14.2. The van der Waals surface area contributed by atoms with Gasteiger partial charge in [0.25, 0.3) is 0 Å². The molecule has 0 aromatic heterocycles. The van der Waals surface area contributed by atoms with Crippen LogP contribution >= 0.6 is 0 Å². The average molecular weight is 224 g/mol. The number of hydrogen-bond acceptors (Lipinski definition) is 2. The smallest absolute Gasteiger partial charge is 0.0888 e. The molecule has 0 heterocycles. The highest BCUT2D eigenvalue weighted by Gasteiger charge is 1.96. The molecule has 0 aliphatic rings. The predicted molar refractivity (Wildman–Crippen MR) is 71.3 cm³/mol. The van der Waals surface area contributed by atoms with Crippen molar-refractivity contribution in [3.05, 3.63) is 59.2 Å². The lowest BCUT2D eigenvalue weighted by atomic mass is 10.1. The van der Waals surface area contributed by atoms with E-state index in [1.165, 1.54) is 11.1 Å². The van der Waals surface area contributed by atoms with Crippen molar-refractivity contribution < 1.29 is 0 Å². The maximum Gasteiger partial charge on any atom is 0.0888 e. The topological polar surface area (TPSA) is 24.7 Å². The summed E-state index contributed by atoms with van der Waals surface area (Å²) in [5.74, 6) is 0. The first kappa shape index (κ1) is 11.5. The van der Waals surface area contributed by atoms with Crippen LogP contribution in [-0.2, 0) is 0 Å². The number of nitrogens with zero attached hydrogens (tertiary/aromatic N) is 2. The Morgan fingerprint density at radius 2 is 1.53 bits per heavy atom. The van der Waals surface area contributed by atoms with Gasteiger partial charge >= 0.3 is 0 Å². The van der Waals surface area contributed by atoms with Crippen molar-refractivity contribution in [2.45, 2.75) is 20.8 Å². The van der Waals surface area contributed by atoms with Crippen LogP contribution in [0.5, 0.6) is 0 Å². The Kier molecular flexibility index (Phi) is 3.33. The van der Waals surface area contributed by atoms with Crippen molar-refractivity contribution in [2.24, 2.45) is 10.2 Å². The molecule has 0 fully saturated rings. The highest BCUT2D eigenvalue weighted by atomic mass is 15.1. The molecule has 2 aromatic carbocycles. The van der Waals surface area contributed by atoms with Crippen molar-refractivity contribution in [3.8, 4) is 0 Å². The zero-order valence-corrected chi connectivity index (χ0v) is 10.4. The van der Waals surface area contributed by atoms with Crippen molar-refractivity contribution >= 4 is 11.4 Å². The summed E-state index contributed by atoms with van der Waals surface area (Å²) in [6.45, 7) is 6.16. The molecule has 0 amide bonds. The molecule has 0 saturated heterocycles. The van der Waals surface area contributed by atoms with Crippen LogP contribution in [0.25, 0.3) is 0 Å². The van der Waals surface area contributed by atoms with Crippen molar-refractivity contribution in [1.29, 1.82) is 0 Å². The standard InChI is InChI=1S/C15H16N2/c1-11-5-4-6-14(9-11)16-17-15-10-12(2)7-8-13(15)3/h4-10H,1-3H3. The fourth-order valence-electron chi connectivity index (χ4n) is 1.63. The average Bonchev–Trinajstić information content (AvgIpc) is 2.30. The van der Waals surface area contributed by atoms with Gasteiger partial charge in [-0.3, -0.25) is 0 Å². The molecule has 0 aliphatic carbocycles. The zero-order valence-electron chi connectivity index (χ0n) is 10.4. The monoisotopic (exact) mass is 224 g/mol. The van der Waals surface area contributed by atoms with E-state index < -0.39 is 0 Å². The molecular weight excluding hydrogens is 208 g/mol. The molecule has 0 radical (unpaired) electrons. The quantitative estimate of drug-likeness (QED) is 0.639. The summed E-state index contributed by atoms with van der Waals surface area (Å²) in [4.78, 5) is 0. The molecule has 2 rings (SSSR count). The highest BCUT2D eigenvalue weighted by Crippen LogP contribution is 2.23. The van der Waals surface area contributed by atoms with E-state index in [1.807, 2.05) is 25.1 Å². The third-order valence-corrected chi connectivity index (χ3v) is 2.64. The summed E-state index contributed by atoms with van der Waals surface area (Å²) in [5, 5.41) is 8.57. The summed E-state index contributed by atoms with van der Waals surface area (Å²) in [7, 11) is 0. The molecule has 0 spiro atoms. The van der Waals surface area contributed by atoms with Gasteiger partial charge in [-0.25, -0.2) is 0 Å². The van der Waals surface area contributed by atoms with Crippen molar-refractivity contribution in [2.75, 3.05) is 0 Å². The van der Waals surface area contributed by atoms with E-state index >= 15 is 0 Å². The minimum atomic E-state index is 0.894. The van der Waals surface area contributed by atoms with Gasteiger partial charge in [0.2, 0.25) is 0 Å². The zero-order chi connectivity index (χ0) is 12.3. The Morgan fingerprint density at radius 3 is 2.29 bits per heavy atom. The second-order valence-corrected chi connectivity index (χ2v) is 4.33. The lowest BCUT2D eigenvalue weighted by molar-refractivity contribution is 1.20. The van der Waals surface area contributed by atoms with Crippen LogP contribution in [0, 0.1) is 20.8 Å². The molecule has 0 N–H and O–H groups in total. The van der Waals surface area contributed by atoms with Gasteiger partial charge in [0.1, 0.15) is 0 Å². The maximum atomic E-state index is 4.30. The summed E-state index contributed by atoms with van der Waals surface area (Å²) < 4.78 is 0. The molecule has 0 atom stereocenters. The Bertz CT molecular complexity index is 557. The number of rotatable bonds is 2. The molecule has 0 saturated carbocycles. The minimum Gasteiger partial charge on any atom is -0.151 e. The Morgan fingerprint density at radius 1 is 0.765 bits per heavy atom. The van der Waals surface area contributed by atoms with Gasteiger partial charge < -0.3 is 0 Å². The number of benzene rings is 2. The van der Waals surface area contributed by atoms with Gasteiger partial charge in [-0.15, -0.1) is 0 Å². The van der Waals surface area contributed by atoms with E-state index in [2.05, 4.69) is 48.3 Å². The molecule has 0 unspecified atom stereocenters. The van der Waals surface area contributed by atoms with Gasteiger partial charge in [0.05, 0.1) is 11.4 Å². The minimum absolute atomic E-state index is 0.894. The normalized spacial score (nSPS) is 11.0. The van der Waals surface area contributed by atoms with Crippen LogP contribution in [0.15, 0.2) is 52.7 Å². The number of hydrogen-bond donors (Lipinski definition) is 0. The fraction of sp³-hybridized carbons (Fsp3) is 0.200. The molecule has 2 aromatic rings. The third kappa shape index (κ3) is 3.00. The van der Waals surface area contributed by atoms with Crippen LogP contribution in [0.3, 0.4) is 0 Å². The molecule has 17 heavy (non-hydrogen) atoms. The summed E-state index contributed by atoms with van der Waals surface area (Å²) in [6.07, 6.45) is 0. The van der Waals surface area contributed by atoms with Gasteiger partial charge in [-0.1, -0.05) is 24.3 Å². The first-order chi connectivity index (χ1) is 8.15. The molecule has 2 nitrogen and oxygen atoms in total. The van der Waals surface area contributed by atoms with E-state index in [0.717, 1.165) is 16.9 Å². The van der Waals surface area contributed by atoms with Crippen LogP contribution in [0.1, 0.15) is 16.7 Å². The Labute approximate surface area is 102 Å². The lowest BCUT2D eigenvalue weighted by Crippen LogP contribution is -1.76. The number of azo groups is 1. The lowest BCUT2D eigenvalue weighted by Gasteiger charge is -2.00. The van der Waals surface area contributed by atoms with E-state index in [0.29, 0.717) is 0 Å². The third-order valence-electron chi connectivity index (χ3n) is 2.64. The largest absolute Gasteiger partial charge is 0.151 e. The summed E-state index contributed by atoms with van der Waals surface area (Å²) >= 11 is 0. The van der Waals surface area contributed by atoms with Gasteiger partial charge in [-0.2, -0.15) is 10.2 Å². The Balaban J connectivity index is 2.29. The second kappa shape index (κ2) is 4.91. The van der Waals surface area contributed by atoms with Crippen LogP contribution in [-0.4, -0.2) is 0 Å². The first-order valence-electron chi connectivity index (χ1n) is 5.71. The molecule has 0 aliphatic heterocycles. The fourth-order valence-corrected chi connectivity index (χ4v) is 1.63. The van der Waals surface area contributed by atoms with Crippen LogP contribution in [0.2, 0.25) is 0 Å². The van der Waals surface area contributed by atoms with Gasteiger partial charge in [0, 0.05) is 0 Å². The highest BCUT2D eigenvalue weighted by molar-refractivity contribution is 5.48. The SMILES string of the molecule is Cc1cccc(N=Nc2cc(C)ccc2C)c1. The van der Waals surface area contributed by atoms with Gasteiger partial charge in [0.15, 0.2) is 0 Å². The summed E-state index contributed by atoms with van der Waals surface area (Å²) in [5.41, 5.74) is 5.38. The maximum absolute atomic E-state index is 4.30. The van der Waals surface area contributed by atoms with E-state index in [-0.39, 0.29) is 0 Å². The molecule has 0 bridgehead atoms. The van der Waals surface area contributed by atoms with E-state index in [9.17, 15) is 0 Å². The van der Waals surface area contributed by atoms with Gasteiger partial charge in [-0.05, 0) is 55.7 Å². The van der Waals surface area contributed by atoms with E-state index in [1.54, 1.807) is 0 Å². The van der Waals surface area contributed by atoms with Crippen molar-refractivity contribution in [3.63, 3.8) is 0 Å². The predicted octanol–water partition coefficient (Wildman–Crippen LogP) is 5.03. The molecular formula is C15H16N2. The number of aryl methyl sites for hydroxylation is 3. The van der Waals surface area contributed by atoms with Crippen LogP contribution in [0.4, 0.5) is 11.4 Å². The van der Waals surface area contributed by atoms with Crippen LogP contribution < -0.4 is 0 Å². The molecule has 2 heteroatoms. The second-order valence-electron chi connectivity index (χ2n) is 4.33. The first-order valence-corrected chi connectivity index (χ1v) is 5.71. The molecule has 86 valence electrons.